The predicted octanol–water partition coefficient (Wildman–Crippen LogP) is 1.33. The van der Waals surface area contributed by atoms with Crippen molar-refractivity contribution < 1.29 is 4.79 Å². The van der Waals surface area contributed by atoms with Crippen molar-refractivity contribution in [2.24, 2.45) is 5.73 Å². The van der Waals surface area contributed by atoms with E-state index in [1.165, 1.54) is 0 Å². The van der Waals surface area contributed by atoms with Crippen molar-refractivity contribution in [3.8, 4) is 0 Å². The first kappa shape index (κ1) is 14.2. The maximum absolute atomic E-state index is 10.8. The molecule has 6 heteroatoms. The fourth-order valence-corrected chi connectivity index (χ4v) is 2.11. The quantitative estimate of drug-likeness (QED) is 0.832. The van der Waals surface area contributed by atoms with E-state index >= 15 is 0 Å². The van der Waals surface area contributed by atoms with Crippen LogP contribution in [-0.4, -0.2) is 21.7 Å². The summed E-state index contributed by atoms with van der Waals surface area (Å²) >= 11 is 3.53. The topological polar surface area (TPSA) is 72.9 Å². The molecule has 0 radical (unpaired) electrons. The number of nitrogens with zero attached hydrogens (tertiary/aromatic N) is 2. The molecule has 96 valence electrons. The normalized spacial score (nSPS) is 12.7. The van der Waals surface area contributed by atoms with Crippen molar-refractivity contribution >= 4 is 21.8 Å². The van der Waals surface area contributed by atoms with Gasteiger partial charge in [0.1, 0.15) is 0 Å². The Hall–Kier alpha value is -0.880. The summed E-state index contributed by atoms with van der Waals surface area (Å²) in [7, 11) is 0. The monoisotopic (exact) mass is 302 g/mol. The number of nitrogens with two attached hydrogens (primary N) is 1. The lowest BCUT2D eigenvalue weighted by atomic mass is 10.2. The van der Waals surface area contributed by atoms with E-state index in [1.807, 2.05) is 18.5 Å². The molecule has 0 aliphatic carbocycles. The van der Waals surface area contributed by atoms with Crippen molar-refractivity contribution in [1.29, 1.82) is 0 Å². The highest BCUT2D eigenvalue weighted by atomic mass is 79.9. The summed E-state index contributed by atoms with van der Waals surface area (Å²) in [6.45, 7) is 7.46. The molecule has 1 aromatic heterocycles. The highest BCUT2D eigenvalue weighted by Crippen LogP contribution is 2.20. The summed E-state index contributed by atoms with van der Waals surface area (Å²) in [6, 6.07) is 0.0694. The largest absolute Gasteiger partial charge is 0.370 e. The van der Waals surface area contributed by atoms with Crippen LogP contribution in [0.25, 0.3) is 0 Å². The van der Waals surface area contributed by atoms with Gasteiger partial charge in [0.15, 0.2) is 0 Å². The molecule has 3 N–H and O–H groups in total. The highest BCUT2D eigenvalue weighted by Gasteiger charge is 2.13. The van der Waals surface area contributed by atoms with E-state index in [0.717, 1.165) is 22.4 Å². The van der Waals surface area contributed by atoms with Gasteiger partial charge in [0.05, 0.1) is 15.9 Å². The molecule has 17 heavy (non-hydrogen) atoms. The molecule has 0 aliphatic rings. The van der Waals surface area contributed by atoms with Crippen LogP contribution in [0.5, 0.6) is 0 Å². The van der Waals surface area contributed by atoms with Crippen molar-refractivity contribution in [3.63, 3.8) is 0 Å². The Morgan fingerprint density at radius 3 is 2.82 bits per heavy atom. The number of primary amides is 1. The zero-order valence-electron chi connectivity index (χ0n) is 10.5. The molecular weight excluding hydrogens is 284 g/mol. The molecule has 0 aliphatic heterocycles. The minimum absolute atomic E-state index is 0.0694. The summed E-state index contributed by atoms with van der Waals surface area (Å²) in [5, 5.41) is 7.67. The SMILES string of the molecule is CCn1nc(C)c(Br)c1CNC(C)CC(N)=O. The van der Waals surface area contributed by atoms with Gasteiger partial charge in [-0.1, -0.05) is 0 Å². The van der Waals surface area contributed by atoms with Crippen LogP contribution < -0.4 is 11.1 Å². The second-order valence-corrected chi connectivity index (χ2v) is 4.91. The standard InChI is InChI=1S/C11H19BrN4O/c1-4-16-9(11(12)8(3)15-16)6-14-7(2)5-10(13)17/h7,14H,4-6H2,1-3H3,(H2,13,17). The Morgan fingerprint density at radius 2 is 2.29 bits per heavy atom. The molecule has 5 nitrogen and oxygen atoms in total. The average Bonchev–Trinajstić information content (AvgIpc) is 2.51. The van der Waals surface area contributed by atoms with Crippen molar-refractivity contribution in [2.45, 2.75) is 46.3 Å². The van der Waals surface area contributed by atoms with Gasteiger partial charge in [0.2, 0.25) is 5.91 Å². The first-order valence-corrected chi connectivity index (χ1v) is 6.48. The first-order chi connectivity index (χ1) is 7.95. The number of carbonyl (C=O) groups excluding carboxylic acids is 1. The zero-order valence-corrected chi connectivity index (χ0v) is 12.0. The number of nitrogens with one attached hydrogen (secondary N) is 1. The molecule has 0 bridgehead atoms. The second-order valence-electron chi connectivity index (χ2n) is 4.11. The third-order valence-electron chi connectivity index (χ3n) is 2.58. The van der Waals surface area contributed by atoms with Gasteiger partial charge in [-0.2, -0.15) is 5.10 Å². The van der Waals surface area contributed by atoms with Crippen molar-refractivity contribution in [3.05, 3.63) is 15.9 Å². The van der Waals surface area contributed by atoms with Gasteiger partial charge in [0.25, 0.3) is 0 Å². The molecule has 0 saturated heterocycles. The minimum Gasteiger partial charge on any atom is -0.370 e. The van der Waals surface area contributed by atoms with E-state index in [-0.39, 0.29) is 11.9 Å². The Balaban J connectivity index is 2.65. The van der Waals surface area contributed by atoms with Crippen LogP contribution in [-0.2, 0) is 17.9 Å². The third kappa shape index (κ3) is 3.81. The van der Waals surface area contributed by atoms with Gasteiger partial charge in [-0.3, -0.25) is 9.48 Å². The van der Waals surface area contributed by atoms with Crippen LogP contribution in [0.2, 0.25) is 0 Å². The molecule has 0 fully saturated rings. The van der Waals surface area contributed by atoms with E-state index in [0.29, 0.717) is 13.0 Å². The summed E-state index contributed by atoms with van der Waals surface area (Å²) in [5.41, 5.74) is 7.22. The number of amides is 1. The molecule has 0 saturated carbocycles. The highest BCUT2D eigenvalue weighted by molar-refractivity contribution is 9.10. The molecule has 1 amide bonds. The predicted molar refractivity (Wildman–Crippen MR) is 70.5 cm³/mol. The Bertz CT molecular complexity index is 402. The number of halogens is 1. The summed E-state index contributed by atoms with van der Waals surface area (Å²) in [5.74, 6) is -0.288. The van der Waals surface area contributed by atoms with Crippen LogP contribution in [0, 0.1) is 6.92 Å². The van der Waals surface area contributed by atoms with Gasteiger partial charge in [-0.25, -0.2) is 0 Å². The number of aryl methyl sites for hydroxylation is 2. The number of aromatic nitrogens is 2. The van der Waals surface area contributed by atoms with E-state index < -0.39 is 0 Å². The maximum Gasteiger partial charge on any atom is 0.218 e. The van der Waals surface area contributed by atoms with Gasteiger partial charge < -0.3 is 11.1 Å². The lowest BCUT2D eigenvalue weighted by Crippen LogP contribution is -2.31. The Labute approximate surface area is 110 Å². The summed E-state index contributed by atoms with van der Waals surface area (Å²) < 4.78 is 2.97. The lowest BCUT2D eigenvalue weighted by Gasteiger charge is -2.13. The maximum atomic E-state index is 10.8. The summed E-state index contributed by atoms with van der Waals surface area (Å²) in [4.78, 5) is 10.8. The van der Waals surface area contributed by atoms with Gasteiger partial charge >= 0.3 is 0 Å². The van der Waals surface area contributed by atoms with Crippen LogP contribution in [0.15, 0.2) is 4.47 Å². The lowest BCUT2D eigenvalue weighted by molar-refractivity contribution is -0.118. The van der Waals surface area contributed by atoms with Crippen LogP contribution in [0.1, 0.15) is 31.7 Å². The van der Waals surface area contributed by atoms with Crippen LogP contribution >= 0.6 is 15.9 Å². The summed E-state index contributed by atoms with van der Waals surface area (Å²) in [6.07, 6.45) is 0.344. The molecule has 1 atom stereocenters. The molecule has 1 heterocycles. The van der Waals surface area contributed by atoms with E-state index in [9.17, 15) is 4.79 Å². The minimum atomic E-state index is -0.288. The van der Waals surface area contributed by atoms with Gasteiger partial charge in [-0.15, -0.1) is 0 Å². The fourth-order valence-electron chi connectivity index (χ4n) is 1.68. The third-order valence-corrected chi connectivity index (χ3v) is 3.61. The van der Waals surface area contributed by atoms with Gasteiger partial charge in [0, 0.05) is 25.6 Å². The van der Waals surface area contributed by atoms with Crippen LogP contribution in [0.4, 0.5) is 0 Å². The molecule has 1 aromatic rings. The molecular formula is C11H19BrN4O. The van der Waals surface area contributed by atoms with E-state index in [1.54, 1.807) is 0 Å². The van der Waals surface area contributed by atoms with E-state index in [2.05, 4.69) is 33.3 Å². The smallest absolute Gasteiger partial charge is 0.218 e. The molecule has 1 unspecified atom stereocenters. The van der Waals surface area contributed by atoms with Gasteiger partial charge in [-0.05, 0) is 36.7 Å². The number of rotatable bonds is 6. The number of hydrogen-bond acceptors (Lipinski definition) is 3. The molecule has 0 spiro atoms. The zero-order chi connectivity index (χ0) is 13.0. The first-order valence-electron chi connectivity index (χ1n) is 5.69. The fraction of sp³-hybridized carbons (Fsp3) is 0.636. The van der Waals surface area contributed by atoms with Crippen LogP contribution in [0.3, 0.4) is 0 Å². The van der Waals surface area contributed by atoms with Crippen molar-refractivity contribution in [1.82, 2.24) is 15.1 Å². The van der Waals surface area contributed by atoms with Crippen molar-refractivity contribution in [2.75, 3.05) is 0 Å². The van der Waals surface area contributed by atoms with E-state index in [4.69, 9.17) is 5.73 Å². The number of hydrogen-bond donors (Lipinski definition) is 2. The second kappa shape index (κ2) is 6.16. The Kier molecular flexibility index (Phi) is 5.14. The number of carbonyl (C=O) groups is 1. The Morgan fingerprint density at radius 1 is 1.65 bits per heavy atom. The molecule has 1 rings (SSSR count). The molecule has 0 aromatic carbocycles. The average molecular weight is 303 g/mol.